The van der Waals surface area contributed by atoms with Crippen molar-refractivity contribution >= 4 is 9.84 Å². The van der Waals surface area contributed by atoms with E-state index in [4.69, 9.17) is 0 Å². The average molecular weight is 324 g/mol. The van der Waals surface area contributed by atoms with Gasteiger partial charge >= 0.3 is 0 Å². The molecule has 0 heterocycles. The Morgan fingerprint density at radius 3 is 2.55 bits per heavy atom. The molecule has 0 aromatic heterocycles. The number of aliphatic hydroxyl groups is 1. The Labute approximate surface area is 134 Å². The van der Waals surface area contributed by atoms with Gasteiger partial charge in [0.05, 0.1) is 16.8 Å². The maximum Gasteiger partial charge on any atom is 0.178 e. The van der Waals surface area contributed by atoms with Crippen LogP contribution in [0.25, 0.3) is 0 Å². The summed E-state index contributed by atoms with van der Waals surface area (Å²) in [7, 11) is -3.26. The second-order valence-corrected chi connectivity index (χ2v) is 8.72. The number of hydrogen-bond donors (Lipinski definition) is 1. The fraction of sp³-hybridized carbons (Fsp3) is 0.667. The Bertz CT molecular complexity index is 574. The molecule has 0 amide bonds. The van der Waals surface area contributed by atoms with Gasteiger partial charge in [-0.1, -0.05) is 51.7 Å². The van der Waals surface area contributed by atoms with Gasteiger partial charge in [0.15, 0.2) is 9.84 Å². The van der Waals surface area contributed by atoms with Crippen molar-refractivity contribution in [2.75, 3.05) is 5.75 Å². The lowest BCUT2D eigenvalue weighted by atomic mass is 9.91. The fourth-order valence-corrected chi connectivity index (χ4v) is 4.95. The maximum atomic E-state index is 12.6. The third-order valence-electron chi connectivity index (χ3n) is 4.92. The molecule has 0 radical (unpaired) electrons. The molecule has 4 heteroatoms. The molecular weight excluding hydrogens is 296 g/mol. The monoisotopic (exact) mass is 324 g/mol. The van der Waals surface area contributed by atoms with Gasteiger partial charge in [0.1, 0.15) is 0 Å². The third kappa shape index (κ3) is 4.32. The minimum Gasteiger partial charge on any atom is -0.388 e. The Balaban J connectivity index is 2.16. The first-order valence-electron chi connectivity index (χ1n) is 8.45. The van der Waals surface area contributed by atoms with E-state index in [2.05, 4.69) is 0 Å². The van der Waals surface area contributed by atoms with E-state index in [9.17, 15) is 13.5 Å². The van der Waals surface area contributed by atoms with Crippen molar-refractivity contribution < 1.29 is 13.5 Å². The average Bonchev–Trinajstić information content (AvgIpc) is 2.54. The highest BCUT2D eigenvalue weighted by Gasteiger charge is 2.24. The lowest BCUT2D eigenvalue weighted by Gasteiger charge is -2.22. The zero-order valence-electron chi connectivity index (χ0n) is 13.7. The molecule has 124 valence electrons. The summed E-state index contributed by atoms with van der Waals surface area (Å²) in [6.45, 7) is 4.01. The topological polar surface area (TPSA) is 54.4 Å². The van der Waals surface area contributed by atoms with E-state index < -0.39 is 15.9 Å². The van der Waals surface area contributed by atoms with Crippen molar-refractivity contribution in [2.45, 2.75) is 63.4 Å². The Morgan fingerprint density at radius 2 is 1.91 bits per heavy atom. The zero-order chi connectivity index (χ0) is 16.2. The van der Waals surface area contributed by atoms with Crippen molar-refractivity contribution in [3.8, 4) is 0 Å². The highest BCUT2D eigenvalue weighted by molar-refractivity contribution is 7.91. The minimum atomic E-state index is -3.26. The Kier molecular flexibility index (Phi) is 6.04. The summed E-state index contributed by atoms with van der Waals surface area (Å²) >= 11 is 0. The van der Waals surface area contributed by atoms with Gasteiger partial charge in [-0.3, -0.25) is 0 Å². The maximum absolute atomic E-state index is 12.6. The third-order valence-corrected chi connectivity index (χ3v) is 6.80. The summed E-state index contributed by atoms with van der Waals surface area (Å²) in [5, 5.41) is 10.3. The van der Waals surface area contributed by atoms with Gasteiger partial charge < -0.3 is 5.11 Å². The Hall–Kier alpha value is -0.870. The molecule has 1 N–H and O–H groups in total. The quantitative estimate of drug-likeness (QED) is 0.856. The minimum absolute atomic E-state index is 0.122. The predicted molar refractivity (Wildman–Crippen MR) is 89.5 cm³/mol. The molecule has 0 saturated heterocycles. The molecule has 1 fully saturated rings. The van der Waals surface area contributed by atoms with E-state index in [0.717, 1.165) is 32.1 Å². The van der Waals surface area contributed by atoms with Gasteiger partial charge in [-0.05, 0) is 42.4 Å². The summed E-state index contributed by atoms with van der Waals surface area (Å²) < 4.78 is 25.3. The lowest BCUT2D eigenvalue weighted by molar-refractivity contribution is 0.115. The number of hydrogen-bond acceptors (Lipinski definition) is 3. The van der Waals surface area contributed by atoms with Crippen molar-refractivity contribution in [1.82, 2.24) is 0 Å². The second-order valence-electron chi connectivity index (χ2n) is 6.69. The van der Waals surface area contributed by atoms with Crippen molar-refractivity contribution in [3.63, 3.8) is 0 Å². The summed E-state index contributed by atoms with van der Waals surface area (Å²) in [6.07, 6.45) is 5.82. The summed E-state index contributed by atoms with van der Waals surface area (Å²) in [5.41, 5.74) is 0.707. The molecule has 1 saturated carbocycles. The van der Waals surface area contributed by atoms with Crippen LogP contribution >= 0.6 is 0 Å². The van der Waals surface area contributed by atoms with Crippen LogP contribution in [0.5, 0.6) is 0 Å². The van der Waals surface area contributed by atoms with E-state index in [1.54, 1.807) is 18.2 Å². The molecule has 0 aliphatic heterocycles. The molecule has 0 bridgehead atoms. The largest absolute Gasteiger partial charge is 0.388 e. The fourth-order valence-electron chi connectivity index (χ4n) is 3.20. The molecule has 2 unspecified atom stereocenters. The zero-order valence-corrected chi connectivity index (χ0v) is 14.5. The van der Waals surface area contributed by atoms with E-state index in [1.165, 1.54) is 6.42 Å². The predicted octanol–water partition coefficient (Wildman–Crippen LogP) is 4.12. The van der Waals surface area contributed by atoms with Gasteiger partial charge in [-0.25, -0.2) is 8.42 Å². The second kappa shape index (κ2) is 7.60. The standard InChI is InChI=1S/C18H28O3S/c1-3-14(2)18(19)16-10-7-11-17(12-16)22(20,21)13-15-8-5-4-6-9-15/h7,10-12,14-15,18-19H,3-6,8-9,13H2,1-2H3. The van der Waals surface area contributed by atoms with Crippen LogP contribution in [0.3, 0.4) is 0 Å². The highest BCUT2D eigenvalue weighted by Crippen LogP contribution is 2.29. The van der Waals surface area contributed by atoms with Gasteiger partial charge in [0.25, 0.3) is 0 Å². The van der Waals surface area contributed by atoms with Crippen LogP contribution in [0.15, 0.2) is 29.2 Å². The van der Waals surface area contributed by atoms with Crippen LogP contribution < -0.4 is 0 Å². The first kappa shape index (κ1) is 17.5. The first-order valence-corrected chi connectivity index (χ1v) is 10.1. The van der Waals surface area contributed by atoms with Gasteiger partial charge in [0, 0.05) is 0 Å². The van der Waals surface area contributed by atoms with Crippen molar-refractivity contribution in [3.05, 3.63) is 29.8 Å². The van der Waals surface area contributed by atoms with E-state index in [1.807, 2.05) is 19.9 Å². The number of sulfone groups is 1. The van der Waals surface area contributed by atoms with E-state index in [-0.39, 0.29) is 11.7 Å². The molecule has 1 aliphatic carbocycles. The van der Waals surface area contributed by atoms with Crippen LogP contribution in [0, 0.1) is 11.8 Å². The van der Waals surface area contributed by atoms with Crippen LogP contribution in [-0.4, -0.2) is 19.3 Å². The van der Waals surface area contributed by atoms with E-state index >= 15 is 0 Å². The molecule has 2 rings (SSSR count). The van der Waals surface area contributed by atoms with Crippen LogP contribution in [0.2, 0.25) is 0 Å². The van der Waals surface area contributed by atoms with Crippen LogP contribution in [-0.2, 0) is 9.84 Å². The molecule has 1 aromatic rings. The van der Waals surface area contributed by atoms with Gasteiger partial charge in [0.2, 0.25) is 0 Å². The number of rotatable bonds is 6. The van der Waals surface area contributed by atoms with Crippen molar-refractivity contribution in [1.29, 1.82) is 0 Å². The number of benzene rings is 1. The molecule has 1 aromatic carbocycles. The summed E-state index contributed by atoms with van der Waals surface area (Å²) in [6, 6.07) is 6.88. The van der Waals surface area contributed by atoms with Crippen LogP contribution in [0.4, 0.5) is 0 Å². The highest BCUT2D eigenvalue weighted by atomic mass is 32.2. The lowest BCUT2D eigenvalue weighted by Crippen LogP contribution is -2.19. The first-order chi connectivity index (χ1) is 10.4. The molecule has 2 atom stereocenters. The smallest absolute Gasteiger partial charge is 0.178 e. The summed E-state index contributed by atoms with van der Waals surface area (Å²) in [4.78, 5) is 0.359. The van der Waals surface area contributed by atoms with Crippen molar-refractivity contribution in [2.24, 2.45) is 11.8 Å². The molecular formula is C18H28O3S. The Morgan fingerprint density at radius 1 is 1.23 bits per heavy atom. The van der Waals surface area contributed by atoms with Crippen LogP contribution in [0.1, 0.15) is 64.0 Å². The molecule has 22 heavy (non-hydrogen) atoms. The van der Waals surface area contributed by atoms with Gasteiger partial charge in [-0.2, -0.15) is 0 Å². The van der Waals surface area contributed by atoms with E-state index in [0.29, 0.717) is 16.4 Å². The normalized spacial score (nSPS) is 19.8. The molecule has 3 nitrogen and oxygen atoms in total. The molecule has 1 aliphatic rings. The SMILES string of the molecule is CCC(C)C(O)c1cccc(S(=O)(=O)CC2CCCCC2)c1. The molecule has 0 spiro atoms. The van der Waals surface area contributed by atoms with Gasteiger partial charge in [-0.15, -0.1) is 0 Å². The summed E-state index contributed by atoms with van der Waals surface area (Å²) in [5.74, 6) is 0.661. The number of aliphatic hydroxyl groups excluding tert-OH is 1.